The molecule has 0 saturated carbocycles. The van der Waals surface area contributed by atoms with Gasteiger partial charge >= 0.3 is 0 Å². The summed E-state index contributed by atoms with van der Waals surface area (Å²) < 4.78 is 5.03. The van der Waals surface area contributed by atoms with Crippen LogP contribution >= 0.6 is 0 Å². The van der Waals surface area contributed by atoms with Gasteiger partial charge in [-0.3, -0.25) is 9.69 Å². The van der Waals surface area contributed by atoms with Gasteiger partial charge in [0.1, 0.15) is 5.76 Å². The third-order valence-corrected chi connectivity index (χ3v) is 4.95. The minimum atomic E-state index is -0.0236. The molecular formula is C20H28N4O2. The van der Waals surface area contributed by atoms with Gasteiger partial charge in [0.25, 0.3) is 0 Å². The van der Waals surface area contributed by atoms with E-state index in [4.69, 9.17) is 4.52 Å². The fourth-order valence-corrected chi connectivity index (χ4v) is 3.32. The Bertz CT molecular complexity index is 718. The lowest BCUT2D eigenvalue weighted by Gasteiger charge is -2.38. The largest absolute Gasteiger partial charge is 0.361 e. The van der Waals surface area contributed by atoms with Crippen molar-refractivity contribution >= 4 is 5.91 Å². The van der Waals surface area contributed by atoms with Gasteiger partial charge in [-0.05, 0) is 26.5 Å². The number of amides is 1. The maximum absolute atomic E-state index is 12.3. The van der Waals surface area contributed by atoms with Crippen LogP contribution in [0.1, 0.15) is 28.6 Å². The molecule has 1 N–H and O–H groups in total. The first-order chi connectivity index (χ1) is 12.5. The highest BCUT2D eigenvalue weighted by molar-refractivity contribution is 5.78. The normalized spacial score (nSPS) is 17.2. The van der Waals surface area contributed by atoms with Gasteiger partial charge in [-0.2, -0.15) is 0 Å². The van der Waals surface area contributed by atoms with Gasteiger partial charge in [0.2, 0.25) is 5.91 Å². The van der Waals surface area contributed by atoms with Crippen LogP contribution in [0.25, 0.3) is 0 Å². The van der Waals surface area contributed by atoms with Crippen molar-refractivity contribution < 1.29 is 9.32 Å². The average Bonchev–Trinajstić information content (AvgIpc) is 3.03. The van der Waals surface area contributed by atoms with Crippen molar-refractivity contribution in [1.82, 2.24) is 20.3 Å². The van der Waals surface area contributed by atoms with Gasteiger partial charge in [-0.15, -0.1) is 0 Å². The molecule has 0 aliphatic carbocycles. The molecule has 2 heterocycles. The molecule has 1 aliphatic heterocycles. The molecule has 140 valence electrons. The van der Waals surface area contributed by atoms with E-state index in [9.17, 15) is 4.79 Å². The second-order valence-corrected chi connectivity index (χ2v) is 7.18. The van der Waals surface area contributed by atoms with Crippen LogP contribution in [-0.2, 0) is 11.2 Å². The molecule has 1 saturated heterocycles. The van der Waals surface area contributed by atoms with Gasteiger partial charge in [0.05, 0.1) is 18.2 Å². The fraction of sp³-hybridized carbons (Fsp3) is 0.500. The summed E-state index contributed by atoms with van der Waals surface area (Å²) in [4.78, 5) is 17.1. The van der Waals surface area contributed by atoms with Gasteiger partial charge in [0, 0.05) is 38.8 Å². The SMILES string of the molecule is Cc1ccc(C(CNC(=O)Cc2cc(C)on2)N2CCN(C)CC2)cc1. The second kappa shape index (κ2) is 8.47. The molecular weight excluding hydrogens is 328 g/mol. The number of nitrogens with one attached hydrogen (secondary N) is 1. The van der Waals surface area contributed by atoms with E-state index in [1.165, 1.54) is 11.1 Å². The highest BCUT2D eigenvalue weighted by atomic mass is 16.5. The number of benzene rings is 1. The van der Waals surface area contributed by atoms with Crippen LogP contribution in [0.3, 0.4) is 0 Å². The number of likely N-dealkylation sites (N-methyl/N-ethyl adjacent to an activating group) is 1. The van der Waals surface area contributed by atoms with Crippen molar-refractivity contribution in [3.05, 3.63) is 52.9 Å². The van der Waals surface area contributed by atoms with E-state index in [0.29, 0.717) is 12.2 Å². The molecule has 1 atom stereocenters. The van der Waals surface area contributed by atoms with Gasteiger partial charge < -0.3 is 14.7 Å². The lowest BCUT2D eigenvalue weighted by atomic mass is 10.0. The number of carbonyl (C=O) groups excluding carboxylic acids is 1. The Morgan fingerprint density at radius 3 is 2.50 bits per heavy atom. The summed E-state index contributed by atoms with van der Waals surface area (Å²) in [5.41, 5.74) is 3.17. The summed E-state index contributed by atoms with van der Waals surface area (Å²) in [6.45, 7) is 8.64. The standard InChI is InChI=1S/C20H28N4O2/c1-15-4-6-17(7-5-15)19(24-10-8-23(3)9-11-24)14-21-20(25)13-18-12-16(2)26-22-18/h4-7,12,19H,8-11,13-14H2,1-3H3,(H,21,25). The minimum Gasteiger partial charge on any atom is -0.361 e. The molecule has 1 amide bonds. The summed E-state index contributed by atoms with van der Waals surface area (Å²) >= 11 is 0. The van der Waals surface area contributed by atoms with E-state index in [1.54, 1.807) is 6.07 Å². The number of aromatic nitrogens is 1. The van der Waals surface area contributed by atoms with Gasteiger partial charge in [-0.1, -0.05) is 35.0 Å². The fourth-order valence-electron chi connectivity index (χ4n) is 3.32. The topological polar surface area (TPSA) is 61.6 Å². The zero-order chi connectivity index (χ0) is 18.5. The lowest BCUT2D eigenvalue weighted by molar-refractivity contribution is -0.120. The molecule has 6 nitrogen and oxygen atoms in total. The number of piperazine rings is 1. The van der Waals surface area contributed by atoms with E-state index in [-0.39, 0.29) is 18.4 Å². The predicted octanol–water partition coefficient (Wildman–Crippen LogP) is 1.94. The predicted molar refractivity (Wildman–Crippen MR) is 101 cm³/mol. The van der Waals surface area contributed by atoms with Crippen LogP contribution < -0.4 is 5.32 Å². The van der Waals surface area contributed by atoms with E-state index >= 15 is 0 Å². The van der Waals surface area contributed by atoms with Crippen LogP contribution in [0.2, 0.25) is 0 Å². The molecule has 2 aromatic rings. The number of rotatable bonds is 6. The number of carbonyl (C=O) groups is 1. The number of nitrogens with zero attached hydrogens (tertiary/aromatic N) is 3. The molecule has 0 radical (unpaired) electrons. The quantitative estimate of drug-likeness (QED) is 0.857. The maximum atomic E-state index is 12.3. The number of hydrogen-bond acceptors (Lipinski definition) is 5. The number of aryl methyl sites for hydroxylation is 2. The van der Waals surface area contributed by atoms with Gasteiger partial charge in [-0.25, -0.2) is 0 Å². The molecule has 26 heavy (non-hydrogen) atoms. The van der Waals surface area contributed by atoms with E-state index < -0.39 is 0 Å². The van der Waals surface area contributed by atoms with E-state index in [2.05, 4.69) is 58.5 Å². The van der Waals surface area contributed by atoms with Crippen molar-refractivity contribution in [2.24, 2.45) is 0 Å². The first-order valence-electron chi connectivity index (χ1n) is 9.19. The molecule has 1 unspecified atom stereocenters. The first kappa shape index (κ1) is 18.6. The maximum Gasteiger partial charge on any atom is 0.226 e. The summed E-state index contributed by atoms with van der Waals surface area (Å²) in [6, 6.07) is 10.6. The van der Waals surface area contributed by atoms with Crippen LogP contribution in [0.4, 0.5) is 0 Å². The van der Waals surface area contributed by atoms with Gasteiger partial charge in [0.15, 0.2) is 0 Å². The average molecular weight is 356 g/mol. The summed E-state index contributed by atoms with van der Waals surface area (Å²) in [5.74, 6) is 0.701. The molecule has 0 spiro atoms. The van der Waals surface area contributed by atoms with E-state index in [1.807, 2.05) is 6.92 Å². The molecule has 1 aromatic carbocycles. The zero-order valence-corrected chi connectivity index (χ0v) is 15.9. The minimum absolute atomic E-state index is 0.0236. The highest BCUT2D eigenvalue weighted by Gasteiger charge is 2.24. The Morgan fingerprint density at radius 1 is 1.19 bits per heavy atom. The summed E-state index contributed by atoms with van der Waals surface area (Å²) in [5, 5.41) is 6.98. The van der Waals surface area contributed by atoms with Crippen LogP contribution in [-0.4, -0.2) is 60.6 Å². The second-order valence-electron chi connectivity index (χ2n) is 7.18. The zero-order valence-electron chi connectivity index (χ0n) is 15.9. The van der Waals surface area contributed by atoms with Crippen molar-refractivity contribution in [3.63, 3.8) is 0 Å². The third kappa shape index (κ3) is 4.93. The molecule has 3 rings (SSSR count). The Labute approximate surface area is 155 Å². The Hall–Kier alpha value is -2.18. The Kier molecular flexibility index (Phi) is 6.06. The van der Waals surface area contributed by atoms with Crippen molar-refractivity contribution in [2.45, 2.75) is 26.3 Å². The monoisotopic (exact) mass is 356 g/mol. The first-order valence-corrected chi connectivity index (χ1v) is 9.19. The highest BCUT2D eigenvalue weighted by Crippen LogP contribution is 2.22. The van der Waals surface area contributed by atoms with Crippen molar-refractivity contribution in [1.29, 1.82) is 0 Å². The number of hydrogen-bond donors (Lipinski definition) is 1. The van der Waals surface area contributed by atoms with Crippen LogP contribution in [0.5, 0.6) is 0 Å². The van der Waals surface area contributed by atoms with Crippen LogP contribution in [0.15, 0.2) is 34.9 Å². The van der Waals surface area contributed by atoms with Crippen LogP contribution in [0, 0.1) is 13.8 Å². The summed E-state index contributed by atoms with van der Waals surface area (Å²) in [6.07, 6.45) is 0.251. The molecule has 0 bridgehead atoms. The Morgan fingerprint density at radius 2 is 1.88 bits per heavy atom. The molecule has 1 aliphatic rings. The van der Waals surface area contributed by atoms with Crippen molar-refractivity contribution in [2.75, 3.05) is 39.8 Å². The molecule has 1 fully saturated rings. The smallest absolute Gasteiger partial charge is 0.226 e. The molecule has 1 aromatic heterocycles. The summed E-state index contributed by atoms with van der Waals surface area (Å²) in [7, 11) is 2.15. The Balaban J connectivity index is 1.65. The van der Waals surface area contributed by atoms with Crippen molar-refractivity contribution in [3.8, 4) is 0 Å². The van der Waals surface area contributed by atoms with E-state index in [0.717, 1.165) is 31.9 Å². The molecule has 6 heteroatoms. The third-order valence-electron chi connectivity index (χ3n) is 4.95. The lowest BCUT2D eigenvalue weighted by Crippen LogP contribution is -2.48.